The third-order valence-corrected chi connectivity index (χ3v) is 4.60. The minimum Gasteiger partial charge on any atom is -0.485 e. The van der Waals surface area contributed by atoms with E-state index in [4.69, 9.17) is 14.0 Å². The zero-order chi connectivity index (χ0) is 20.1. The SMILES string of the molecule is CO[C@H](C)c1cccc(-c2ccc(-c3nc(COc4ccccc4)no3)cn2)c1. The molecule has 2 aromatic carbocycles. The zero-order valence-electron chi connectivity index (χ0n) is 16.3. The summed E-state index contributed by atoms with van der Waals surface area (Å²) in [7, 11) is 1.70. The van der Waals surface area contributed by atoms with Crippen molar-refractivity contribution in [2.24, 2.45) is 0 Å². The second-order valence-electron chi connectivity index (χ2n) is 6.55. The summed E-state index contributed by atoms with van der Waals surface area (Å²) in [6.07, 6.45) is 1.76. The molecule has 0 saturated heterocycles. The molecule has 29 heavy (non-hydrogen) atoms. The number of hydrogen-bond donors (Lipinski definition) is 0. The Balaban J connectivity index is 1.46. The van der Waals surface area contributed by atoms with Gasteiger partial charge in [0.25, 0.3) is 5.89 Å². The van der Waals surface area contributed by atoms with Crippen LogP contribution in [-0.2, 0) is 11.3 Å². The van der Waals surface area contributed by atoms with Crippen molar-refractivity contribution >= 4 is 0 Å². The summed E-state index contributed by atoms with van der Waals surface area (Å²) < 4.78 is 16.4. The zero-order valence-corrected chi connectivity index (χ0v) is 16.3. The Morgan fingerprint density at radius 1 is 0.966 bits per heavy atom. The normalized spacial score (nSPS) is 11.9. The quantitative estimate of drug-likeness (QED) is 0.440. The van der Waals surface area contributed by atoms with Crippen molar-refractivity contribution in [1.29, 1.82) is 0 Å². The molecule has 1 atom stereocenters. The number of methoxy groups -OCH3 is 1. The highest BCUT2D eigenvalue weighted by molar-refractivity contribution is 5.63. The summed E-state index contributed by atoms with van der Waals surface area (Å²) in [5.74, 6) is 1.65. The molecule has 2 heterocycles. The first kappa shape index (κ1) is 18.8. The lowest BCUT2D eigenvalue weighted by atomic mass is 10.0. The highest BCUT2D eigenvalue weighted by atomic mass is 16.5. The molecule has 146 valence electrons. The molecule has 6 nitrogen and oxygen atoms in total. The first-order chi connectivity index (χ1) is 14.2. The van der Waals surface area contributed by atoms with Crippen LogP contribution >= 0.6 is 0 Å². The van der Waals surface area contributed by atoms with E-state index in [1.807, 2.05) is 67.6 Å². The van der Waals surface area contributed by atoms with Gasteiger partial charge in [-0.3, -0.25) is 4.98 Å². The Kier molecular flexibility index (Phi) is 5.63. The molecule has 0 aliphatic heterocycles. The number of hydrogen-bond acceptors (Lipinski definition) is 6. The molecule has 0 bridgehead atoms. The third-order valence-electron chi connectivity index (χ3n) is 4.60. The van der Waals surface area contributed by atoms with E-state index < -0.39 is 0 Å². The standard InChI is InChI=1S/C23H21N3O3/c1-16(27-2)17-7-6-8-18(13-17)21-12-11-19(14-24-21)23-25-22(26-29-23)15-28-20-9-4-3-5-10-20/h3-14,16H,15H2,1-2H3/t16-/m1/s1. The monoisotopic (exact) mass is 387 g/mol. The summed E-state index contributed by atoms with van der Waals surface area (Å²) >= 11 is 0. The van der Waals surface area contributed by atoms with Gasteiger partial charge in [0.15, 0.2) is 6.61 Å². The van der Waals surface area contributed by atoms with Crippen molar-refractivity contribution in [2.45, 2.75) is 19.6 Å². The molecule has 4 aromatic rings. The van der Waals surface area contributed by atoms with Gasteiger partial charge in [0.2, 0.25) is 5.82 Å². The lowest BCUT2D eigenvalue weighted by molar-refractivity contribution is 0.119. The van der Waals surface area contributed by atoms with Gasteiger partial charge in [0.05, 0.1) is 17.4 Å². The minimum atomic E-state index is 0.0316. The maximum Gasteiger partial charge on any atom is 0.259 e. The lowest BCUT2D eigenvalue weighted by Crippen LogP contribution is -1.97. The molecule has 2 aromatic heterocycles. The molecule has 0 aliphatic rings. The first-order valence-corrected chi connectivity index (χ1v) is 9.33. The molecule has 0 radical (unpaired) electrons. The predicted molar refractivity (Wildman–Crippen MR) is 109 cm³/mol. The van der Waals surface area contributed by atoms with Crippen LogP contribution in [0.2, 0.25) is 0 Å². The fourth-order valence-electron chi connectivity index (χ4n) is 2.87. The van der Waals surface area contributed by atoms with E-state index in [-0.39, 0.29) is 12.7 Å². The van der Waals surface area contributed by atoms with Crippen LogP contribution in [0.25, 0.3) is 22.7 Å². The molecule has 4 rings (SSSR count). The smallest absolute Gasteiger partial charge is 0.259 e. The summed E-state index contributed by atoms with van der Waals surface area (Å²) in [6, 6.07) is 21.5. The Labute approximate surface area is 169 Å². The Morgan fingerprint density at radius 3 is 2.59 bits per heavy atom. The van der Waals surface area contributed by atoms with E-state index in [0.717, 1.165) is 28.1 Å². The van der Waals surface area contributed by atoms with Gasteiger partial charge in [-0.25, -0.2) is 0 Å². The number of pyridine rings is 1. The van der Waals surface area contributed by atoms with Crippen LogP contribution in [0.15, 0.2) is 77.4 Å². The van der Waals surface area contributed by atoms with Gasteiger partial charge in [0.1, 0.15) is 5.75 Å². The van der Waals surface area contributed by atoms with Gasteiger partial charge in [-0.1, -0.05) is 41.6 Å². The molecular formula is C23H21N3O3. The second-order valence-corrected chi connectivity index (χ2v) is 6.55. The maximum absolute atomic E-state index is 5.65. The first-order valence-electron chi connectivity index (χ1n) is 9.33. The van der Waals surface area contributed by atoms with Crippen molar-refractivity contribution in [1.82, 2.24) is 15.1 Å². The number of aromatic nitrogens is 3. The van der Waals surface area contributed by atoms with Gasteiger partial charge < -0.3 is 14.0 Å². The van der Waals surface area contributed by atoms with Gasteiger partial charge in [-0.15, -0.1) is 0 Å². The third kappa shape index (κ3) is 4.50. The van der Waals surface area contributed by atoms with E-state index in [9.17, 15) is 0 Å². The highest BCUT2D eigenvalue weighted by Crippen LogP contribution is 2.25. The van der Waals surface area contributed by atoms with Crippen molar-refractivity contribution in [3.8, 4) is 28.5 Å². The van der Waals surface area contributed by atoms with E-state index >= 15 is 0 Å². The van der Waals surface area contributed by atoms with Crippen molar-refractivity contribution in [2.75, 3.05) is 7.11 Å². The average molecular weight is 387 g/mol. The molecular weight excluding hydrogens is 366 g/mol. The summed E-state index contributed by atoms with van der Waals surface area (Å²) in [5.41, 5.74) is 3.76. The summed E-state index contributed by atoms with van der Waals surface area (Å²) in [4.78, 5) is 8.94. The number of para-hydroxylation sites is 1. The Hall–Kier alpha value is -3.51. The molecule has 0 saturated carbocycles. The molecule has 0 spiro atoms. The topological polar surface area (TPSA) is 70.3 Å². The van der Waals surface area contributed by atoms with E-state index in [2.05, 4.69) is 21.2 Å². The summed E-state index contributed by atoms with van der Waals surface area (Å²) in [5, 5.41) is 3.98. The fraction of sp³-hybridized carbons (Fsp3) is 0.174. The molecule has 0 amide bonds. The van der Waals surface area contributed by atoms with Crippen LogP contribution in [0.1, 0.15) is 24.4 Å². The maximum atomic E-state index is 5.65. The number of ether oxygens (including phenoxy) is 2. The Morgan fingerprint density at radius 2 is 1.83 bits per heavy atom. The van der Waals surface area contributed by atoms with Crippen LogP contribution in [0.4, 0.5) is 0 Å². The molecule has 0 fully saturated rings. The average Bonchev–Trinajstić information content (AvgIpc) is 3.27. The summed E-state index contributed by atoms with van der Waals surface area (Å²) in [6.45, 7) is 2.26. The second kappa shape index (κ2) is 8.67. The molecule has 0 N–H and O–H groups in total. The number of nitrogens with zero attached hydrogens (tertiary/aromatic N) is 3. The highest BCUT2D eigenvalue weighted by Gasteiger charge is 2.11. The molecule has 0 aliphatic carbocycles. The van der Waals surface area contributed by atoms with Crippen LogP contribution in [0.3, 0.4) is 0 Å². The largest absolute Gasteiger partial charge is 0.485 e. The number of benzene rings is 2. The minimum absolute atomic E-state index is 0.0316. The van der Waals surface area contributed by atoms with Crippen molar-refractivity contribution in [3.05, 3.63) is 84.3 Å². The van der Waals surface area contributed by atoms with E-state index in [1.54, 1.807) is 13.3 Å². The lowest BCUT2D eigenvalue weighted by Gasteiger charge is -2.11. The molecule has 0 unspecified atom stereocenters. The van der Waals surface area contributed by atoms with Crippen LogP contribution < -0.4 is 4.74 Å². The van der Waals surface area contributed by atoms with Gasteiger partial charge in [-0.05, 0) is 42.8 Å². The Bertz CT molecular complexity index is 1060. The van der Waals surface area contributed by atoms with Crippen molar-refractivity contribution in [3.63, 3.8) is 0 Å². The van der Waals surface area contributed by atoms with Gasteiger partial charge >= 0.3 is 0 Å². The van der Waals surface area contributed by atoms with Crippen LogP contribution in [-0.4, -0.2) is 22.2 Å². The van der Waals surface area contributed by atoms with E-state index in [1.165, 1.54) is 0 Å². The molecule has 6 heteroatoms. The van der Waals surface area contributed by atoms with Crippen LogP contribution in [0, 0.1) is 0 Å². The van der Waals surface area contributed by atoms with Crippen molar-refractivity contribution < 1.29 is 14.0 Å². The van der Waals surface area contributed by atoms with Crippen LogP contribution in [0.5, 0.6) is 5.75 Å². The van der Waals surface area contributed by atoms with E-state index in [0.29, 0.717) is 11.7 Å². The van der Waals surface area contributed by atoms with Gasteiger partial charge in [0, 0.05) is 18.9 Å². The predicted octanol–water partition coefficient (Wildman–Crippen LogP) is 5.09. The number of rotatable bonds is 7. The van der Waals surface area contributed by atoms with Gasteiger partial charge in [-0.2, -0.15) is 4.98 Å². The fourth-order valence-corrected chi connectivity index (χ4v) is 2.87.